The van der Waals surface area contributed by atoms with Crippen LogP contribution in [0, 0.1) is 0 Å². The predicted molar refractivity (Wildman–Crippen MR) is 47.1 cm³/mol. The monoisotopic (exact) mass is 168 g/mol. The summed E-state index contributed by atoms with van der Waals surface area (Å²) in [7, 11) is 2.14. The molecule has 2 heterocycles. The molecule has 0 atom stereocenters. The Morgan fingerprint density at radius 1 is 1.42 bits per heavy atom. The molecule has 68 valence electrons. The SMILES string of the molecule is CN1CCC2(CC1)CC(=O)CN2. The molecule has 2 aliphatic rings. The van der Waals surface area contributed by atoms with Gasteiger partial charge in [-0.15, -0.1) is 0 Å². The molecule has 2 fully saturated rings. The summed E-state index contributed by atoms with van der Waals surface area (Å²) in [4.78, 5) is 13.5. The van der Waals surface area contributed by atoms with E-state index >= 15 is 0 Å². The van der Waals surface area contributed by atoms with Crippen LogP contribution in [0.2, 0.25) is 0 Å². The lowest BCUT2D eigenvalue weighted by Gasteiger charge is -2.37. The van der Waals surface area contributed by atoms with E-state index in [0.29, 0.717) is 12.3 Å². The highest BCUT2D eigenvalue weighted by Gasteiger charge is 2.39. The number of piperidine rings is 1. The van der Waals surface area contributed by atoms with E-state index in [1.807, 2.05) is 0 Å². The van der Waals surface area contributed by atoms with Crippen LogP contribution in [0.15, 0.2) is 0 Å². The summed E-state index contributed by atoms with van der Waals surface area (Å²) >= 11 is 0. The maximum Gasteiger partial charge on any atom is 0.148 e. The molecule has 0 saturated carbocycles. The molecule has 0 aromatic carbocycles. The molecule has 3 nitrogen and oxygen atoms in total. The molecule has 2 rings (SSSR count). The maximum atomic E-state index is 11.1. The van der Waals surface area contributed by atoms with Gasteiger partial charge < -0.3 is 10.2 Å². The zero-order valence-corrected chi connectivity index (χ0v) is 7.60. The Kier molecular flexibility index (Phi) is 1.93. The molecule has 0 radical (unpaired) electrons. The van der Waals surface area contributed by atoms with Crippen molar-refractivity contribution >= 4 is 5.78 Å². The number of ketones is 1. The highest BCUT2D eigenvalue weighted by Crippen LogP contribution is 2.28. The second-order valence-electron chi connectivity index (χ2n) is 4.15. The number of likely N-dealkylation sites (tertiary alicyclic amines) is 1. The van der Waals surface area contributed by atoms with Gasteiger partial charge in [0.25, 0.3) is 0 Å². The number of hydrogen-bond donors (Lipinski definition) is 1. The fraction of sp³-hybridized carbons (Fsp3) is 0.889. The van der Waals surface area contributed by atoms with Crippen molar-refractivity contribution in [1.82, 2.24) is 10.2 Å². The molecule has 1 N–H and O–H groups in total. The van der Waals surface area contributed by atoms with Crippen molar-refractivity contribution in [3.63, 3.8) is 0 Å². The Labute approximate surface area is 73.1 Å². The summed E-state index contributed by atoms with van der Waals surface area (Å²) in [6, 6.07) is 0. The molecule has 0 unspecified atom stereocenters. The van der Waals surface area contributed by atoms with Gasteiger partial charge in [-0.25, -0.2) is 0 Å². The van der Waals surface area contributed by atoms with Crippen molar-refractivity contribution in [2.75, 3.05) is 26.7 Å². The van der Waals surface area contributed by atoms with Gasteiger partial charge in [-0.05, 0) is 33.0 Å². The first-order valence-corrected chi connectivity index (χ1v) is 4.66. The van der Waals surface area contributed by atoms with Crippen LogP contribution in [-0.2, 0) is 4.79 Å². The summed E-state index contributed by atoms with van der Waals surface area (Å²) in [5, 5.41) is 3.37. The van der Waals surface area contributed by atoms with Crippen LogP contribution < -0.4 is 5.32 Å². The fourth-order valence-electron chi connectivity index (χ4n) is 2.19. The molecular formula is C9H16N2O. The molecule has 0 aromatic heterocycles. The third kappa shape index (κ3) is 1.39. The van der Waals surface area contributed by atoms with Crippen LogP contribution in [0.25, 0.3) is 0 Å². The van der Waals surface area contributed by atoms with E-state index in [2.05, 4.69) is 17.3 Å². The van der Waals surface area contributed by atoms with E-state index in [9.17, 15) is 4.79 Å². The van der Waals surface area contributed by atoms with E-state index in [1.165, 1.54) is 0 Å². The summed E-state index contributed by atoms with van der Waals surface area (Å²) in [5.41, 5.74) is 0.184. The van der Waals surface area contributed by atoms with Gasteiger partial charge in [-0.2, -0.15) is 0 Å². The number of carbonyl (C=O) groups excluding carboxylic acids is 1. The minimum Gasteiger partial charge on any atom is -0.306 e. The highest BCUT2D eigenvalue weighted by molar-refractivity contribution is 5.84. The van der Waals surface area contributed by atoms with Crippen LogP contribution in [0.1, 0.15) is 19.3 Å². The van der Waals surface area contributed by atoms with Crippen molar-refractivity contribution in [2.24, 2.45) is 0 Å². The van der Waals surface area contributed by atoms with Crippen molar-refractivity contribution in [1.29, 1.82) is 0 Å². The lowest BCUT2D eigenvalue weighted by Crippen LogP contribution is -2.48. The van der Waals surface area contributed by atoms with E-state index < -0.39 is 0 Å². The smallest absolute Gasteiger partial charge is 0.148 e. The average Bonchev–Trinajstić information content (AvgIpc) is 2.40. The average molecular weight is 168 g/mol. The predicted octanol–water partition coefficient (Wildman–Crippen LogP) is 0.0132. The maximum absolute atomic E-state index is 11.1. The molecule has 0 amide bonds. The lowest BCUT2D eigenvalue weighted by molar-refractivity contribution is -0.116. The molecule has 0 aromatic rings. The molecular weight excluding hydrogens is 152 g/mol. The molecule has 12 heavy (non-hydrogen) atoms. The van der Waals surface area contributed by atoms with Gasteiger partial charge in [0.1, 0.15) is 5.78 Å². The van der Waals surface area contributed by atoms with Crippen LogP contribution in [-0.4, -0.2) is 42.9 Å². The highest BCUT2D eigenvalue weighted by atomic mass is 16.1. The topological polar surface area (TPSA) is 32.3 Å². The molecule has 1 spiro atoms. The quantitative estimate of drug-likeness (QED) is 0.553. The van der Waals surface area contributed by atoms with Crippen molar-refractivity contribution in [3.8, 4) is 0 Å². The summed E-state index contributed by atoms with van der Waals surface area (Å²) < 4.78 is 0. The zero-order chi connectivity index (χ0) is 8.60. The Balaban J connectivity index is 1.99. The Bertz CT molecular complexity index is 195. The Morgan fingerprint density at radius 2 is 2.08 bits per heavy atom. The third-order valence-electron chi connectivity index (χ3n) is 3.14. The second kappa shape index (κ2) is 2.82. The number of carbonyl (C=O) groups is 1. The number of nitrogens with zero attached hydrogens (tertiary/aromatic N) is 1. The fourth-order valence-corrected chi connectivity index (χ4v) is 2.19. The van der Waals surface area contributed by atoms with Crippen molar-refractivity contribution in [2.45, 2.75) is 24.8 Å². The summed E-state index contributed by atoms with van der Waals surface area (Å²) in [6.07, 6.45) is 3.03. The number of rotatable bonds is 0. The number of hydrogen-bond acceptors (Lipinski definition) is 3. The third-order valence-corrected chi connectivity index (χ3v) is 3.14. The number of nitrogens with one attached hydrogen (secondary N) is 1. The molecule has 0 aliphatic carbocycles. The van der Waals surface area contributed by atoms with Crippen molar-refractivity contribution < 1.29 is 4.79 Å². The molecule has 2 aliphatic heterocycles. The van der Waals surface area contributed by atoms with Gasteiger partial charge in [0.2, 0.25) is 0 Å². The minimum atomic E-state index is 0.184. The molecule has 2 saturated heterocycles. The first-order valence-electron chi connectivity index (χ1n) is 4.66. The van der Waals surface area contributed by atoms with Crippen LogP contribution in [0.4, 0.5) is 0 Å². The Morgan fingerprint density at radius 3 is 2.58 bits per heavy atom. The van der Waals surface area contributed by atoms with Crippen LogP contribution in [0.3, 0.4) is 0 Å². The second-order valence-corrected chi connectivity index (χ2v) is 4.15. The van der Waals surface area contributed by atoms with E-state index in [4.69, 9.17) is 0 Å². The van der Waals surface area contributed by atoms with Gasteiger partial charge in [0.15, 0.2) is 0 Å². The van der Waals surface area contributed by atoms with Crippen molar-refractivity contribution in [3.05, 3.63) is 0 Å². The summed E-state index contributed by atoms with van der Waals surface area (Å²) in [5.74, 6) is 0.388. The van der Waals surface area contributed by atoms with Gasteiger partial charge in [-0.3, -0.25) is 4.79 Å². The number of Topliss-reactive ketones (excluding diaryl/α,β-unsaturated/α-hetero) is 1. The van der Waals surface area contributed by atoms with E-state index in [1.54, 1.807) is 0 Å². The first kappa shape index (κ1) is 8.20. The van der Waals surface area contributed by atoms with Crippen LogP contribution in [0.5, 0.6) is 0 Å². The summed E-state index contributed by atoms with van der Waals surface area (Å²) in [6.45, 7) is 2.85. The minimum absolute atomic E-state index is 0.184. The standard InChI is InChI=1S/C9H16N2O/c1-11-4-2-9(3-5-11)6-8(12)7-10-9/h10H,2-7H2,1H3. The molecule has 0 bridgehead atoms. The van der Waals surface area contributed by atoms with E-state index in [0.717, 1.165) is 32.4 Å². The van der Waals surface area contributed by atoms with Gasteiger partial charge in [0, 0.05) is 12.0 Å². The largest absolute Gasteiger partial charge is 0.306 e. The first-order chi connectivity index (χ1) is 5.70. The van der Waals surface area contributed by atoms with Gasteiger partial charge in [0.05, 0.1) is 6.54 Å². The van der Waals surface area contributed by atoms with Gasteiger partial charge >= 0.3 is 0 Å². The normalized spacial score (nSPS) is 29.9. The van der Waals surface area contributed by atoms with Gasteiger partial charge in [-0.1, -0.05) is 0 Å². The zero-order valence-electron chi connectivity index (χ0n) is 7.60. The lowest BCUT2D eigenvalue weighted by atomic mass is 9.86. The molecule has 3 heteroatoms. The Hall–Kier alpha value is -0.410. The van der Waals surface area contributed by atoms with E-state index in [-0.39, 0.29) is 5.54 Å². The van der Waals surface area contributed by atoms with Crippen LogP contribution >= 0.6 is 0 Å².